The van der Waals surface area contributed by atoms with Gasteiger partial charge in [0.1, 0.15) is 11.3 Å². The standard InChI is InChI=1S/C11H16N2O2/c1-11(2,3)15-10-9(5-8-14-4)12-6-7-13-10/h5-8H,1-4H3. The molecule has 0 spiro atoms. The smallest absolute Gasteiger partial charge is 0.240 e. The number of nitrogens with zero attached hydrogens (tertiary/aromatic N) is 2. The van der Waals surface area contributed by atoms with Crippen molar-refractivity contribution in [3.05, 3.63) is 24.3 Å². The third-order valence-corrected chi connectivity index (χ3v) is 1.46. The summed E-state index contributed by atoms with van der Waals surface area (Å²) in [6.07, 6.45) is 6.48. The average Bonchev–Trinajstić information content (AvgIpc) is 2.14. The first-order valence-corrected chi connectivity index (χ1v) is 4.72. The molecule has 1 aromatic heterocycles. The molecule has 4 nitrogen and oxygen atoms in total. The van der Waals surface area contributed by atoms with Gasteiger partial charge >= 0.3 is 0 Å². The molecule has 1 rings (SSSR count). The summed E-state index contributed by atoms with van der Waals surface area (Å²) in [7, 11) is 1.58. The monoisotopic (exact) mass is 208 g/mol. The maximum absolute atomic E-state index is 5.65. The van der Waals surface area contributed by atoms with Crippen molar-refractivity contribution in [3.63, 3.8) is 0 Å². The summed E-state index contributed by atoms with van der Waals surface area (Å²) >= 11 is 0. The van der Waals surface area contributed by atoms with Crippen molar-refractivity contribution in [3.8, 4) is 5.88 Å². The Balaban J connectivity index is 2.91. The van der Waals surface area contributed by atoms with Gasteiger partial charge in [-0.3, -0.25) is 0 Å². The Hall–Kier alpha value is -1.58. The van der Waals surface area contributed by atoms with Crippen LogP contribution in [0.25, 0.3) is 6.08 Å². The van der Waals surface area contributed by atoms with E-state index in [9.17, 15) is 0 Å². The molecule has 0 atom stereocenters. The lowest BCUT2D eigenvalue weighted by molar-refractivity contribution is 0.123. The van der Waals surface area contributed by atoms with Crippen molar-refractivity contribution in [2.45, 2.75) is 26.4 Å². The molecule has 1 heterocycles. The average molecular weight is 208 g/mol. The molecule has 15 heavy (non-hydrogen) atoms. The van der Waals surface area contributed by atoms with Crippen molar-refractivity contribution in [1.29, 1.82) is 0 Å². The predicted octanol–water partition coefficient (Wildman–Crippen LogP) is 2.27. The maximum Gasteiger partial charge on any atom is 0.240 e. The van der Waals surface area contributed by atoms with Crippen LogP contribution in [0.4, 0.5) is 0 Å². The Morgan fingerprint density at radius 3 is 2.47 bits per heavy atom. The van der Waals surface area contributed by atoms with Gasteiger partial charge in [-0.05, 0) is 20.8 Å². The molecule has 0 aliphatic rings. The predicted molar refractivity (Wildman–Crippen MR) is 58.5 cm³/mol. The van der Waals surface area contributed by atoms with Crippen molar-refractivity contribution in [1.82, 2.24) is 9.97 Å². The fourth-order valence-electron chi connectivity index (χ4n) is 0.951. The van der Waals surface area contributed by atoms with Crippen LogP contribution in [0.3, 0.4) is 0 Å². The molecule has 0 radical (unpaired) electrons. The van der Waals surface area contributed by atoms with Crippen LogP contribution in [0.5, 0.6) is 5.88 Å². The minimum atomic E-state index is -0.286. The topological polar surface area (TPSA) is 44.2 Å². The normalized spacial score (nSPS) is 11.7. The zero-order valence-corrected chi connectivity index (χ0v) is 9.52. The van der Waals surface area contributed by atoms with Crippen LogP contribution in [0.2, 0.25) is 0 Å². The summed E-state index contributed by atoms with van der Waals surface area (Å²) in [6, 6.07) is 0. The first-order chi connectivity index (χ1) is 7.03. The lowest BCUT2D eigenvalue weighted by atomic mass is 10.2. The van der Waals surface area contributed by atoms with Gasteiger partial charge in [-0.25, -0.2) is 9.97 Å². The third-order valence-electron chi connectivity index (χ3n) is 1.46. The molecule has 0 saturated heterocycles. The highest BCUT2D eigenvalue weighted by Crippen LogP contribution is 2.19. The number of hydrogen-bond acceptors (Lipinski definition) is 4. The third kappa shape index (κ3) is 3.97. The minimum Gasteiger partial charge on any atom is -0.504 e. The number of rotatable bonds is 3. The van der Waals surface area contributed by atoms with E-state index in [0.29, 0.717) is 11.6 Å². The van der Waals surface area contributed by atoms with Crippen LogP contribution in [0, 0.1) is 0 Å². The molecule has 4 heteroatoms. The fourth-order valence-corrected chi connectivity index (χ4v) is 0.951. The molecule has 1 aromatic rings. The molecule has 0 fully saturated rings. The highest BCUT2D eigenvalue weighted by molar-refractivity contribution is 5.48. The highest BCUT2D eigenvalue weighted by atomic mass is 16.5. The zero-order chi connectivity index (χ0) is 11.3. The van der Waals surface area contributed by atoms with Crippen LogP contribution in [-0.4, -0.2) is 22.7 Å². The first kappa shape index (κ1) is 11.5. The fraction of sp³-hybridized carbons (Fsp3) is 0.455. The molecule has 0 aliphatic carbocycles. The second kappa shape index (κ2) is 4.77. The Morgan fingerprint density at radius 1 is 1.20 bits per heavy atom. The molecule has 0 N–H and O–H groups in total. The van der Waals surface area contributed by atoms with Crippen molar-refractivity contribution < 1.29 is 9.47 Å². The lowest BCUT2D eigenvalue weighted by Crippen LogP contribution is -2.24. The van der Waals surface area contributed by atoms with E-state index in [-0.39, 0.29) is 5.60 Å². The van der Waals surface area contributed by atoms with Gasteiger partial charge < -0.3 is 9.47 Å². The maximum atomic E-state index is 5.65. The molecule has 0 aliphatic heterocycles. The highest BCUT2D eigenvalue weighted by Gasteiger charge is 2.15. The molecule has 0 bridgehead atoms. The molecule has 0 amide bonds. The Kier molecular flexibility index (Phi) is 3.66. The summed E-state index contributed by atoms with van der Waals surface area (Å²) in [4.78, 5) is 8.27. The van der Waals surface area contributed by atoms with E-state index in [2.05, 4.69) is 9.97 Å². The Morgan fingerprint density at radius 2 is 1.87 bits per heavy atom. The molecule has 0 unspecified atom stereocenters. The van der Waals surface area contributed by atoms with Crippen LogP contribution < -0.4 is 4.74 Å². The van der Waals surface area contributed by atoms with E-state index in [1.54, 1.807) is 31.8 Å². The van der Waals surface area contributed by atoms with Crippen molar-refractivity contribution in [2.24, 2.45) is 0 Å². The second-order valence-corrected chi connectivity index (χ2v) is 4.00. The van der Waals surface area contributed by atoms with Gasteiger partial charge in [0.05, 0.1) is 13.4 Å². The SMILES string of the molecule is COC=Cc1nccnc1OC(C)(C)C. The number of aromatic nitrogens is 2. The van der Waals surface area contributed by atoms with Crippen LogP contribution >= 0.6 is 0 Å². The summed E-state index contributed by atoms with van der Waals surface area (Å²) in [6.45, 7) is 5.89. The molecular weight excluding hydrogens is 192 g/mol. The summed E-state index contributed by atoms with van der Waals surface area (Å²) < 4.78 is 10.5. The summed E-state index contributed by atoms with van der Waals surface area (Å²) in [5, 5.41) is 0. The molecule has 0 aromatic carbocycles. The van der Waals surface area contributed by atoms with E-state index >= 15 is 0 Å². The van der Waals surface area contributed by atoms with E-state index in [4.69, 9.17) is 9.47 Å². The van der Waals surface area contributed by atoms with E-state index in [0.717, 1.165) is 0 Å². The Labute approximate surface area is 90.0 Å². The quantitative estimate of drug-likeness (QED) is 0.715. The van der Waals surface area contributed by atoms with Gasteiger partial charge in [-0.2, -0.15) is 0 Å². The van der Waals surface area contributed by atoms with Gasteiger partial charge in [-0.15, -0.1) is 0 Å². The van der Waals surface area contributed by atoms with Gasteiger partial charge in [-0.1, -0.05) is 0 Å². The van der Waals surface area contributed by atoms with E-state index in [1.165, 1.54) is 0 Å². The van der Waals surface area contributed by atoms with E-state index in [1.807, 2.05) is 20.8 Å². The number of ether oxygens (including phenoxy) is 2. The lowest BCUT2D eigenvalue weighted by Gasteiger charge is -2.20. The first-order valence-electron chi connectivity index (χ1n) is 4.72. The molecular formula is C11H16N2O2. The summed E-state index contributed by atoms with van der Waals surface area (Å²) in [5.74, 6) is 0.512. The van der Waals surface area contributed by atoms with E-state index < -0.39 is 0 Å². The van der Waals surface area contributed by atoms with Crippen LogP contribution in [-0.2, 0) is 4.74 Å². The van der Waals surface area contributed by atoms with Crippen LogP contribution in [0.15, 0.2) is 18.7 Å². The zero-order valence-electron chi connectivity index (χ0n) is 9.52. The largest absolute Gasteiger partial charge is 0.504 e. The van der Waals surface area contributed by atoms with Crippen molar-refractivity contribution >= 4 is 6.08 Å². The van der Waals surface area contributed by atoms with Gasteiger partial charge in [0.2, 0.25) is 5.88 Å². The Bertz CT molecular complexity index is 343. The minimum absolute atomic E-state index is 0.286. The van der Waals surface area contributed by atoms with Gasteiger partial charge in [0.15, 0.2) is 0 Å². The molecule has 82 valence electrons. The summed E-state index contributed by atoms with van der Waals surface area (Å²) in [5.41, 5.74) is 0.375. The van der Waals surface area contributed by atoms with Gasteiger partial charge in [0.25, 0.3) is 0 Å². The second-order valence-electron chi connectivity index (χ2n) is 4.00. The van der Waals surface area contributed by atoms with Crippen LogP contribution in [0.1, 0.15) is 26.5 Å². The molecule has 0 saturated carbocycles. The number of hydrogen-bond donors (Lipinski definition) is 0. The van der Waals surface area contributed by atoms with Gasteiger partial charge in [0, 0.05) is 18.5 Å². The number of methoxy groups -OCH3 is 1. The van der Waals surface area contributed by atoms with Crippen molar-refractivity contribution in [2.75, 3.05) is 7.11 Å².